The highest BCUT2D eigenvalue weighted by molar-refractivity contribution is 6.24. The van der Waals surface area contributed by atoms with Crippen molar-refractivity contribution in [1.29, 1.82) is 0 Å². The molecule has 26 heavy (non-hydrogen) atoms. The highest BCUT2D eigenvalue weighted by atomic mass is 16.6. The average Bonchev–Trinajstić information content (AvgIpc) is 3.10. The fraction of sp³-hybridized carbons (Fsp3) is 0.476. The van der Waals surface area contributed by atoms with E-state index in [2.05, 4.69) is 0 Å². The molecular weight excluding hydrogens is 332 g/mol. The first kappa shape index (κ1) is 17.0. The van der Waals surface area contributed by atoms with Gasteiger partial charge in [-0.2, -0.15) is 0 Å². The SMILES string of the molecule is CCOC(=O)[C@H]1C(=O)OC[C@@H]2C[C@H]3CC(=O)C(c4ccc(C)cc4)=C3[C@@H]21. The second-order valence-electron chi connectivity index (χ2n) is 7.40. The monoisotopic (exact) mass is 354 g/mol. The van der Waals surface area contributed by atoms with Gasteiger partial charge in [0.25, 0.3) is 0 Å². The summed E-state index contributed by atoms with van der Waals surface area (Å²) >= 11 is 0. The first-order chi connectivity index (χ1) is 12.5. The van der Waals surface area contributed by atoms with Crippen LogP contribution in [0.4, 0.5) is 0 Å². The van der Waals surface area contributed by atoms with E-state index in [0.29, 0.717) is 18.6 Å². The number of ether oxygens (including phenoxy) is 2. The molecule has 2 fully saturated rings. The van der Waals surface area contributed by atoms with E-state index in [4.69, 9.17) is 9.47 Å². The van der Waals surface area contributed by atoms with Crippen molar-refractivity contribution >= 4 is 23.3 Å². The zero-order chi connectivity index (χ0) is 18.4. The fourth-order valence-corrected chi connectivity index (χ4v) is 4.79. The van der Waals surface area contributed by atoms with Crippen LogP contribution in [0.2, 0.25) is 0 Å². The van der Waals surface area contributed by atoms with Crippen molar-refractivity contribution < 1.29 is 23.9 Å². The Bertz CT molecular complexity index is 804. The lowest BCUT2D eigenvalue weighted by Gasteiger charge is -2.32. The fourth-order valence-electron chi connectivity index (χ4n) is 4.79. The maximum absolute atomic E-state index is 12.7. The van der Waals surface area contributed by atoms with Gasteiger partial charge in [-0.05, 0) is 31.7 Å². The second-order valence-corrected chi connectivity index (χ2v) is 7.40. The predicted octanol–water partition coefficient (Wildman–Crippen LogP) is 2.71. The topological polar surface area (TPSA) is 69.7 Å². The van der Waals surface area contributed by atoms with Gasteiger partial charge in [-0.25, -0.2) is 0 Å². The van der Waals surface area contributed by atoms with Crippen molar-refractivity contribution in [2.45, 2.75) is 26.7 Å². The Kier molecular flexibility index (Phi) is 4.17. The normalized spacial score (nSPS) is 30.1. The molecule has 1 aromatic rings. The van der Waals surface area contributed by atoms with Crippen LogP contribution in [0.1, 0.15) is 30.9 Å². The van der Waals surface area contributed by atoms with Gasteiger partial charge in [0, 0.05) is 23.8 Å². The third kappa shape index (κ3) is 2.57. The Morgan fingerprint density at radius 1 is 1.23 bits per heavy atom. The minimum Gasteiger partial charge on any atom is -0.465 e. The molecule has 136 valence electrons. The minimum absolute atomic E-state index is 0.0793. The number of allylic oxidation sites excluding steroid dienone is 2. The lowest BCUT2D eigenvalue weighted by molar-refractivity contribution is -0.171. The van der Waals surface area contributed by atoms with E-state index in [1.807, 2.05) is 31.2 Å². The molecule has 0 aromatic heterocycles. The highest BCUT2D eigenvalue weighted by Crippen LogP contribution is 2.55. The molecule has 3 aliphatic rings. The molecule has 1 aliphatic heterocycles. The molecule has 1 heterocycles. The Balaban J connectivity index is 1.82. The number of Topliss-reactive ketones (excluding diaryl/α,β-unsaturated/α-hetero) is 1. The maximum Gasteiger partial charge on any atom is 0.320 e. The van der Waals surface area contributed by atoms with Gasteiger partial charge in [0.1, 0.15) is 0 Å². The van der Waals surface area contributed by atoms with Crippen LogP contribution >= 0.6 is 0 Å². The number of hydrogen-bond acceptors (Lipinski definition) is 5. The van der Waals surface area contributed by atoms with Crippen LogP contribution in [0.5, 0.6) is 0 Å². The molecule has 0 amide bonds. The van der Waals surface area contributed by atoms with Crippen LogP contribution in [0.25, 0.3) is 5.57 Å². The third-order valence-corrected chi connectivity index (χ3v) is 5.83. The van der Waals surface area contributed by atoms with Gasteiger partial charge >= 0.3 is 11.9 Å². The highest BCUT2D eigenvalue weighted by Gasteiger charge is 2.56. The molecule has 2 aliphatic carbocycles. The molecule has 5 nitrogen and oxygen atoms in total. The van der Waals surface area contributed by atoms with Gasteiger partial charge in [0.05, 0.1) is 13.2 Å². The zero-order valence-electron chi connectivity index (χ0n) is 15.0. The van der Waals surface area contributed by atoms with Crippen molar-refractivity contribution in [1.82, 2.24) is 0 Å². The number of rotatable bonds is 3. The zero-order valence-corrected chi connectivity index (χ0v) is 15.0. The third-order valence-electron chi connectivity index (χ3n) is 5.83. The number of aryl methyl sites for hydroxylation is 1. The van der Waals surface area contributed by atoms with Crippen molar-refractivity contribution in [3.05, 3.63) is 41.0 Å². The first-order valence-electron chi connectivity index (χ1n) is 9.18. The molecule has 1 aromatic carbocycles. The summed E-state index contributed by atoms with van der Waals surface area (Å²) in [6.45, 7) is 4.25. The smallest absolute Gasteiger partial charge is 0.320 e. The molecule has 1 saturated heterocycles. The average molecular weight is 354 g/mol. The van der Waals surface area contributed by atoms with Crippen LogP contribution in [-0.4, -0.2) is 30.9 Å². The number of benzene rings is 1. The van der Waals surface area contributed by atoms with E-state index in [-0.39, 0.29) is 30.1 Å². The molecule has 4 rings (SSSR count). The van der Waals surface area contributed by atoms with E-state index in [1.165, 1.54) is 0 Å². The van der Waals surface area contributed by atoms with Gasteiger partial charge in [-0.15, -0.1) is 0 Å². The van der Waals surface area contributed by atoms with Gasteiger partial charge in [-0.1, -0.05) is 35.4 Å². The van der Waals surface area contributed by atoms with Crippen LogP contribution in [0.15, 0.2) is 29.8 Å². The van der Waals surface area contributed by atoms with E-state index < -0.39 is 17.9 Å². The van der Waals surface area contributed by atoms with Crippen LogP contribution in [0.3, 0.4) is 0 Å². The van der Waals surface area contributed by atoms with Gasteiger partial charge in [0.2, 0.25) is 0 Å². The van der Waals surface area contributed by atoms with E-state index >= 15 is 0 Å². The standard InChI is InChI=1S/C21H22O5/c1-3-25-20(23)19-18-14(10-26-21(19)24)8-13-9-15(22)16(17(13)18)12-6-4-11(2)5-7-12/h4-7,13-14,18-19H,3,8-10H2,1-2H3/t13-,14-,18+,19-/m0/s1. The summed E-state index contributed by atoms with van der Waals surface area (Å²) < 4.78 is 10.4. The maximum atomic E-state index is 12.7. The Morgan fingerprint density at radius 2 is 1.96 bits per heavy atom. The van der Waals surface area contributed by atoms with Gasteiger partial charge in [-0.3, -0.25) is 14.4 Å². The molecule has 4 atom stereocenters. The molecule has 0 bridgehead atoms. The summed E-state index contributed by atoms with van der Waals surface area (Å²) in [7, 11) is 0. The lowest BCUT2D eigenvalue weighted by Crippen LogP contribution is -2.43. The van der Waals surface area contributed by atoms with E-state index in [1.54, 1.807) is 6.92 Å². The van der Waals surface area contributed by atoms with Crippen LogP contribution < -0.4 is 0 Å². The second kappa shape index (κ2) is 6.38. The number of hydrogen-bond donors (Lipinski definition) is 0. The quantitative estimate of drug-likeness (QED) is 0.617. The molecule has 0 radical (unpaired) electrons. The van der Waals surface area contributed by atoms with E-state index in [9.17, 15) is 14.4 Å². The van der Waals surface area contributed by atoms with Crippen molar-refractivity contribution in [3.63, 3.8) is 0 Å². The van der Waals surface area contributed by atoms with Crippen LogP contribution in [-0.2, 0) is 23.9 Å². The largest absolute Gasteiger partial charge is 0.465 e. The minimum atomic E-state index is -0.958. The van der Waals surface area contributed by atoms with E-state index in [0.717, 1.165) is 23.1 Å². The molecule has 0 unspecified atom stereocenters. The van der Waals surface area contributed by atoms with Crippen LogP contribution in [0, 0.1) is 30.6 Å². The van der Waals surface area contributed by atoms with Crippen molar-refractivity contribution in [2.24, 2.45) is 23.7 Å². The summed E-state index contributed by atoms with van der Waals surface area (Å²) in [5.41, 5.74) is 3.67. The summed E-state index contributed by atoms with van der Waals surface area (Å²) in [5.74, 6) is -2.03. The number of carbonyl (C=O) groups excluding carboxylic acids is 3. The molecule has 1 saturated carbocycles. The van der Waals surface area contributed by atoms with Gasteiger partial charge in [0.15, 0.2) is 11.7 Å². The van der Waals surface area contributed by atoms with Crippen molar-refractivity contribution in [3.8, 4) is 0 Å². The molecular formula is C21H22O5. The summed E-state index contributed by atoms with van der Waals surface area (Å²) in [6.07, 6.45) is 1.24. The number of carbonyl (C=O) groups is 3. The number of cyclic esters (lactones) is 1. The first-order valence-corrected chi connectivity index (χ1v) is 9.18. The number of ketones is 1. The van der Waals surface area contributed by atoms with Crippen molar-refractivity contribution in [2.75, 3.05) is 13.2 Å². The summed E-state index contributed by atoms with van der Waals surface area (Å²) in [4.78, 5) is 37.6. The summed E-state index contributed by atoms with van der Waals surface area (Å²) in [5, 5.41) is 0. The summed E-state index contributed by atoms with van der Waals surface area (Å²) in [6, 6.07) is 7.86. The lowest BCUT2D eigenvalue weighted by atomic mass is 9.78. The van der Waals surface area contributed by atoms with Gasteiger partial charge < -0.3 is 9.47 Å². The molecule has 0 N–H and O–H groups in total. The number of esters is 2. The predicted molar refractivity (Wildman–Crippen MR) is 93.9 cm³/mol. The number of fused-ring (bicyclic) bond motifs is 3. The Hall–Kier alpha value is -2.43. The molecule has 5 heteroatoms. The Labute approximate surface area is 152 Å². The Morgan fingerprint density at radius 3 is 2.65 bits per heavy atom. The molecule has 0 spiro atoms.